The van der Waals surface area contributed by atoms with E-state index in [2.05, 4.69) is 22.6 Å². The molecule has 5 heteroatoms. The molecule has 2 aromatic rings. The predicted octanol–water partition coefficient (Wildman–Crippen LogP) is 2.85. The molecule has 0 fully saturated rings. The number of likely N-dealkylation sites (N-methyl/N-ethyl adjacent to an activating group) is 1. The molecule has 0 saturated carbocycles. The number of hydrogen-bond donors (Lipinski definition) is 1. The molecule has 1 aliphatic rings. The Balaban J connectivity index is 1.81. The SMILES string of the molecule is CNC(=O)C(=NOC)c1ccccc1COc1ccc2c(c1)CCC2. The number of nitrogens with zero attached hydrogens (tertiary/aromatic N) is 1. The molecule has 130 valence electrons. The van der Waals surface area contributed by atoms with Crippen molar-refractivity contribution in [2.45, 2.75) is 25.9 Å². The van der Waals surface area contributed by atoms with Crippen molar-refractivity contribution in [2.24, 2.45) is 5.16 Å². The molecule has 1 N–H and O–H groups in total. The lowest BCUT2D eigenvalue weighted by Crippen LogP contribution is -2.29. The Bertz CT molecular complexity index is 799. The average molecular weight is 338 g/mol. The first kappa shape index (κ1) is 17.0. The van der Waals surface area contributed by atoms with Gasteiger partial charge in [-0.05, 0) is 48.1 Å². The first-order valence-corrected chi connectivity index (χ1v) is 8.39. The highest BCUT2D eigenvalue weighted by molar-refractivity contribution is 6.45. The van der Waals surface area contributed by atoms with Gasteiger partial charge in [0.2, 0.25) is 0 Å². The van der Waals surface area contributed by atoms with E-state index in [-0.39, 0.29) is 11.6 Å². The highest BCUT2D eigenvalue weighted by atomic mass is 16.6. The summed E-state index contributed by atoms with van der Waals surface area (Å²) in [6.07, 6.45) is 3.48. The number of carbonyl (C=O) groups is 1. The topological polar surface area (TPSA) is 59.9 Å². The Morgan fingerprint density at radius 3 is 2.76 bits per heavy atom. The number of fused-ring (bicyclic) bond motifs is 1. The van der Waals surface area contributed by atoms with Crippen LogP contribution in [0.25, 0.3) is 0 Å². The molecule has 0 unspecified atom stereocenters. The van der Waals surface area contributed by atoms with Crippen molar-refractivity contribution in [1.82, 2.24) is 5.32 Å². The number of oxime groups is 1. The summed E-state index contributed by atoms with van der Waals surface area (Å²) in [4.78, 5) is 16.9. The van der Waals surface area contributed by atoms with Gasteiger partial charge in [0.1, 0.15) is 19.5 Å². The molecule has 0 aromatic heterocycles. The van der Waals surface area contributed by atoms with Crippen LogP contribution in [0.2, 0.25) is 0 Å². The summed E-state index contributed by atoms with van der Waals surface area (Å²) in [7, 11) is 2.99. The first-order valence-electron chi connectivity index (χ1n) is 8.39. The van der Waals surface area contributed by atoms with Gasteiger partial charge in [-0.1, -0.05) is 35.5 Å². The van der Waals surface area contributed by atoms with Gasteiger partial charge in [0, 0.05) is 12.6 Å². The Hall–Kier alpha value is -2.82. The minimum absolute atomic E-state index is 0.234. The second-order valence-electron chi connectivity index (χ2n) is 5.93. The summed E-state index contributed by atoms with van der Waals surface area (Å²) < 4.78 is 5.97. The minimum Gasteiger partial charge on any atom is -0.489 e. The molecular weight excluding hydrogens is 316 g/mol. The van der Waals surface area contributed by atoms with Gasteiger partial charge in [-0.3, -0.25) is 4.79 Å². The monoisotopic (exact) mass is 338 g/mol. The second kappa shape index (κ2) is 7.83. The molecule has 0 atom stereocenters. The number of ether oxygens (including phenoxy) is 1. The number of aryl methyl sites for hydroxylation is 2. The summed E-state index contributed by atoms with van der Waals surface area (Å²) in [5.41, 5.74) is 4.60. The number of nitrogens with one attached hydrogen (secondary N) is 1. The van der Waals surface area contributed by atoms with E-state index in [1.165, 1.54) is 24.7 Å². The fraction of sp³-hybridized carbons (Fsp3) is 0.300. The third-order valence-electron chi connectivity index (χ3n) is 4.36. The van der Waals surface area contributed by atoms with E-state index in [0.29, 0.717) is 12.2 Å². The average Bonchev–Trinajstić information content (AvgIpc) is 3.12. The van der Waals surface area contributed by atoms with Crippen molar-refractivity contribution in [3.63, 3.8) is 0 Å². The molecule has 5 nitrogen and oxygen atoms in total. The van der Waals surface area contributed by atoms with Crippen molar-refractivity contribution < 1.29 is 14.4 Å². The van der Waals surface area contributed by atoms with Gasteiger partial charge in [-0.2, -0.15) is 0 Å². The van der Waals surface area contributed by atoms with Crippen molar-refractivity contribution in [3.8, 4) is 5.75 Å². The van der Waals surface area contributed by atoms with E-state index in [9.17, 15) is 4.79 Å². The lowest BCUT2D eigenvalue weighted by molar-refractivity contribution is -0.114. The van der Waals surface area contributed by atoms with Crippen LogP contribution in [-0.2, 0) is 29.1 Å². The Labute approximate surface area is 147 Å². The van der Waals surface area contributed by atoms with Gasteiger partial charge in [0.15, 0.2) is 5.71 Å². The van der Waals surface area contributed by atoms with Crippen molar-refractivity contribution in [1.29, 1.82) is 0 Å². The molecular formula is C20H22N2O3. The molecule has 25 heavy (non-hydrogen) atoms. The maximum atomic E-state index is 12.1. The second-order valence-corrected chi connectivity index (χ2v) is 5.93. The third kappa shape index (κ3) is 3.82. The molecule has 0 spiro atoms. The number of rotatable bonds is 6. The van der Waals surface area contributed by atoms with Gasteiger partial charge >= 0.3 is 0 Å². The summed E-state index contributed by atoms with van der Waals surface area (Å²) in [5, 5.41) is 6.46. The van der Waals surface area contributed by atoms with E-state index >= 15 is 0 Å². The zero-order valence-electron chi connectivity index (χ0n) is 14.5. The quantitative estimate of drug-likeness (QED) is 0.651. The summed E-state index contributed by atoms with van der Waals surface area (Å²) in [6.45, 7) is 0.356. The first-order chi connectivity index (χ1) is 12.2. The van der Waals surface area contributed by atoms with E-state index in [1.54, 1.807) is 7.05 Å². The van der Waals surface area contributed by atoms with Crippen LogP contribution >= 0.6 is 0 Å². The Morgan fingerprint density at radius 2 is 1.96 bits per heavy atom. The van der Waals surface area contributed by atoms with E-state index in [4.69, 9.17) is 9.57 Å². The Kier molecular flexibility index (Phi) is 5.33. The minimum atomic E-state index is -0.299. The van der Waals surface area contributed by atoms with Crippen molar-refractivity contribution >= 4 is 11.6 Å². The van der Waals surface area contributed by atoms with Gasteiger partial charge in [0.05, 0.1) is 0 Å². The zero-order valence-corrected chi connectivity index (χ0v) is 14.5. The van der Waals surface area contributed by atoms with Gasteiger partial charge in [-0.25, -0.2) is 0 Å². The molecule has 0 radical (unpaired) electrons. The normalized spacial score (nSPS) is 13.3. The number of amides is 1. The van der Waals surface area contributed by atoms with Crippen LogP contribution in [0.5, 0.6) is 5.75 Å². The molecule has 0 heterocycles. The maximum Gasteiger partial charge on any atom is 0.273 e. The van der Waals surface area contributed by atoms with Crippen LogP contribution < -0.4 is 10.1 Å². The standard InChI is InChI=1S/C20H22N2O3/c1-21-20(23)19(22-24-2)18-9-4-3-6-16(18)13-25-17-11-10-14-7-5-8-15(14)12-17/h3-4,6,9-12H,5,7-8,13H2,1-2H3,(H,21,23). The van der Waals surface area contributed by atoms with Gasteiger partial charge in [-0.15, -0.1) is 0 Å². The Morgan fingerprint density at radius 1 is 1.16 bits per heavy atom. The molecule has 0 aliphatic heterocycles. The largest absolute Gasteiger partial charge is 0.489 e. The molecule has 1 amide bonds. The highest BCUT2D eigenvalue weighted by Crippen LogP contribution is 2.26. The summed E-state index contributed by atoms with van der Waals surface area (Å²) in [6, 6.07) is 13.8. The fourth-order valence-corrected chi connectivity index (χ4v) is 3.10. The van der Waals surface area contributed by atoms with Gasteiger partial charge < -0.3 is 14.9 Å². The molecule has 0 bridgehead atoms. The van der Waals surface area contributed by atoms with Gasteiger partial charge in [0.25, 0.3) is 5.91 Å². The molecule has 0 saturated heterocycles. The van der Waals surface area contributed by atoms with Crippen LogP contribution in [0.15, 0.2) is 47.6 Å². The van der Waals surface area contributed by atoms with Crippen molar-refractivity contribution in [2.75, 3.05) is 14.2 Å². The molecule has 1 aliphatic carbocycles. The fourth-order valence-electron chi connectivity index (χ4n) is 3.10. The summed E-state index contributed by atoms with van der Waals surface area (Å²) >= 11 is 0. The zero-order chi connectivity index (χ0) is 17.6. The van der Waals surface area contributed by atoms with Crippen molar-refractivity contribution in [3.05, 3.63) is 64.7 Å². The van der Waals surface area contributed by atoms with E-state index < -0.39 is 0 Å². The van der Waals surface area contributed by atoms with Crippen LogP contribution in [0, 0.1) is 0 Å². The summed E-state index contributed by atoms with van der Waals surface area (Å²) in [5.74, 6) is 0.549. The van der Waals surface area contributed by atoms with Crippen LogP contribution in [0.3, 0.4) is 0 Å². The lowest BCUT2D eigenvalue weighted by Gasteiger charge is -2.13. The lowest BCUT2D eigenvalue weighted by atomic mass is 10.0. The molecule has 3 rings (SSSR count). The number of hydrogen-bond acceptors (Lipinski definition) is 4. The number of carbonyl (C=O) groups excluding carboxylic acids is 1. The van der Waals surface area contributed by atoms with Crippen LogP contribution in [0.1, 0.15) is 28.7 Å². The van der Waals surface area contributed by atoms with Crippen LogP contribution in [-0.4, -0.2) is 25.8 Å². The molecule has 2 aromatic carbocycles. The van der Waals surface area contributed by atoms with E-state index in [1.807, 2.05) is 30.3 Å². The van der Waals surface area contributed by atoms with E-state index in [0.717, 1.165) is 24.2 Å². The highest BCUT2D eigenvalue weighted by Gasteiger charge is 2.18. The van der Waals surface area contributed by atoms with Crippen LogP contribution in [0.4, 0.5) is 0 Å². The smallest absolute Gasteiger partial charge is 0.273 e. The maximum absolute atomic E-state index is 12.1. The third-order valence-corrected chi connectivity index (χ3v) is 4.36. The number of benzene rings is 2. The predicted molar refractivity (Wildman–Crippen MR) is 96.9 cm³/mol.